The number of aromatic amines is 1. The molecule has 84 valence electrons. The molecular weight excluding hydrogens is 252 g/mol. The van der Waals surface area contributed by atoms with E-state index < -0.39 is 10.0 Å². The second-order valence-corrected chi connectivity index (χ2v) is 5.03. The number of sulfonamides is 1. The zero-order valence-electron chi connectivity index (χ0n) is 7.88. The number of benzene rings is 1. The molecule has 0 fully saturated rings. The number of rotatable bonds is 3. The summed E-state index contributed by atoms with van der Waals surface area (Å²) in [7, 11) is -3.63. The number of H-pyrrole nitrogens is 1. The second-order valence-electron chi connectivity index (χ2n) is 2.91. The minimum Gasteiger partial charge on any atom is -0.261 e. The summed E-state index contributed by atoms with van der Waals surface area (Å²) in [5, 5.41) is 9.86. The van der Waals surface area contributed by atoms with Gasteiger partial charge in [0.2, 0.25) is 0 Å². The zero-order chi connectivity index (χ0) is 11.6. The maximum Gasteiger partial charge on any atom is 0.263 e. The molecule has 2 rings (SSSR count). The highest BCUT2D eigenvalue weighted by molar-refractivity contribution is 7.92. The van der Waals surface area contributed by atoms with E-state index in [1.807, 2.05) is 0 Å². The first-order valence-electron chi connectivity index (χ1n) is 4.22. The van der Waals surface area contributed by atoms with Crippen molar-refractivity contribution in [3.8, 4) is 0 Å². The first-order chi connectivity index (χ1) is 7.58. The van der Waals surface area contributed by atoms with Crippen LogP contribution in [-0.2, 0) is 10.0 Å². The van der Waals surface area contributed by atoms with Crippen LogP contribution in [0.4, 0.5) is 5.82 Å². The van der Waals surface area contributed by atoms with Crippen molar-refractivity contribution in [3.63, 3.8) is 0 Å². The lowest BCUT2D eigenvalue weighted by Crippen LogP contribution is -2.13. The number of aromatic nitrogens is 3. The van der Waals surface area contributed by atoms with Crippen molar-refractivity contribution in [2.45, 2.75) is 4.90 Å². The van der Waals surface area contributed by atoms with Gasteiger partial charge in [-0.3, -0.25) is 4.72 Å². The number of nitrogens with one attached hydrogen (secondary N) is 2. The predicted octanol–water partition coefficient (Wildman–Crippen LogP) is 1.26. The third-order valence-electron chi connectivity index (χ3n) is 1.78. The van der Waals surface area contributed by atoms with Crippen LogP contribution in [0.3, 0.4) is 0 Å². The molecular formula is C8H7ClN4O2S. The topological polar surface area (TPSA) is 87.7 Å². The first-order valence-corrected chi connectivity index (χ1v) is 6.08. The normalized spacial score (nSPS) is 11.3. The molecule has 2 N–H and O–H groups in total. The van der Waals surface area contributed by atoms with Crippen molar-refractivity contribution in [2.24, 2.45) is 0 Å². The standard InChI is InChI=1S/C8H7ClN4O2S/c9-6-1-3-7(4-2-6)16(14,15)12-8-5-10-13-11-8/h1-5H,(H2,10,11,12,13). The Morgan fingerprint density at radius 1 is 1.25 bits per heavy atom. The van der Waals surface area contributed by atoms with Crippen LogP contribution in [0.2, 0.25) is 5.02 Å². The predicted molar refractivity (Wildman–Crippen MR) is 58.6 cm³/mol. The van der Waals surface area contributed by atoms with Crippen molar-refractivity contribution in [1.82, 2.24) is 15.4 Å². The van der Waals surface area contributed by atoms with Crippen LogP contribution in [0.5, 0.6) is 0 Å². The molecule has 0 spiro atoms. The minimum atomic E-state index is -3.63. The average Bonchev–Trinajstić information content (AvgIpc) is 2.70. The molecule has 0 aliphatic rings. The lowest BCUT2D eigenvalue weighted by Gasteiger charge is -2.04. The summed E-state index contributed by atoms with van der Waals surface area (Å²) >= 11 is 5.66. The van der Waals surface area contributed by atoms with Gasteiger partial charge in [0, 0.05) is 5.02 Å². The van der Waals surface area contributed by atoms with E-state index in [0.29, 0.717) is 5.02 Å². The van der Waals surface area contributed by atoms with Crippen LogP contribution in [0.25, 0.3) is 0 Å². The quantitative estimate of drug-likeness (QED) is 0.868. The average molecular weight is 259 g/mol. The third kappa shape index (κ3) is 2.31. The van der Waals surface area contributed by atoms with Gasteiger partial charge in [0.1, 0.15) is 0 Å². The molecule has 8 heteroatoms. The maximum atomic E-state index is 11.8. The molecule has 0 saturated heterocycles. The fourth-order valence-electron chi connectivity index (χ4n) is 1.06. The van der Waals surface area contributed by atoms with Crippen LogP contribution in [-0.4, -0.2) is 23.8 Å². The van der Waals surface area contributed by atoms with Gasteiger partial charge < -0.3 is 0 Å². The zero-order valence-corrected chi connectivity index (χ0v) is 9.46. The molecule has 0 aliphatic heterocycles. The van der Waals surface area contributed by atoms with Gasteiger partial charge in [0.15, 0.2) is 5.82 Å². The van der Waals surface area contributed by atoms with Gasteiger partial charge in [-0.25, -0.2) is 8.42 Å². The van der Waals surface area contributed by atoms with E-state index in [1.54, 1.807) is 0 Å². The van der Waals surface area contributed by atoms with Gasteiger partial charge >= 0.3 is 0 Å². The molecule has 1 aromatic heterocycles. The van der Waals surface area contributed by atoms with Gasteiger partial charge in [0.05, 0.1) is 11.1 Å². The molecule has 0 radical (unpaired) electrons. The Morgan fingerprint density at radius 3 is 2.50 bits per heavy atom. The Labute approximate surface area is 96.7 Å². The molecule has 0 atom stereocenters. The molecule has 16 heavy (non-hydrogen) atoms. The molecule has 0 unspecified atom stereocenters. The fraction of sp³-hybridized carbons (Fsp3) is 0. The van der Waals surface area contributed by atoms with E-state index in [0.717, 1.165) is 0 Å². The molecule has 0 bridgehead atoms. The highest BCUT2D eigenvalue weighted by atomic mass is 35.5. The highest BCUT2D eigenvalue weighted by Gasteiger charge is 2.14. The third-order valence-corrected chi connectivity index (χ3v) is 3.40. The van der Waals surface area contributed by atoms with Crippen LogP contribution >= 0.6 is 11.6 Å². The van der Waals surface area contributed by atoms with Gasteiger partial charge in [0.25, 0.3) is 10.0 Å². The summed E-state index contributed by atoms with van der Waals surface area (Å²) in [6.45, 7) is 0. The Hall–Kier alpha value is -1.60. The Kier molecular flexibility index (Phi) is 2.80. The number of hydrogen-bond donors (Lipinski definition) is 2. The Balaban J connectivity index is 2.29. The first kappa shape index (κ1) is 10.9. The summed E-state index contributed by atoms with van der Waals surface area (Å²) in [6, 6.07) is 5.81. The summed E-state index contributed by atoms with van der Waals surface area (Å²) in [5.41, 5.74) is 0. The second kappa shape index (κ2) is 4.11. The van der Waals surface area contributed by atoms with Gasteiger partial charge in [-0.05, 0) is 24.3 Å². The van der Waals surface area contributed by atoms with E-state index in [1.165, 1.54) is 30.5 Å². The Morgan fingerprint density at radius 2 is 1.94 bits per heavy atom. The van der Waals surface area contributed by atoms with Crippen molar-refractivity contribution < 1.29 is 8.42 Å². The van der Waals surface area contributed by atoms with Crippen molar-refractivity contribution in [3.05, 3.63) is 35.5 Å². The monoisotopic (exact) mass is 258 g/mol. The van der Waals surface area contributed by atoms with E-state index in [-0.39, 0.29) is 10.7 Å². The smallest absolute Gasteiger partial charge is 0.261 e. The van der Waals surface area contributed by atoms with Crippen LogP contribution in [0, 0.1) is 0 Å². The molecule has 2 aromatic rings. The summed E-state index contributed by atoms with van der Waals surface area (Å²) < 4.78 is 25.8. The van der Waals surface area contributed by atoms with E-state index in [2.05, 4.69) is 20.1 Å². The molecule has 1 aromatic carbocycles. The molecule has 1 heterocycles. The fourth-order valence-corrected chi connectivity index (χ4v) is 2.17. The van der Waals surface area contributed by atoms with E-state index >= 15 is 0 Å². The number of halogens is 1. The summed E-state index contributed by atoms with van der Waals surface area (Å²) in [6.07, 6.45) is 1.27. The number of nitrogens with zero attached hydrogens (tertiary/aromatic N) is 2. The highest BCUT2D eigenvalue weighted by Crippen LogP contribution is 2.16. The number of anilines is 1. The van der Waals surface area contributed by atoms with Crippen LogP contribution in [0.15, 0.2) is 35.4 Å². The summed E-state index contributed by atoms with van der Waals surface area (Å²) in [5.74, 6) is 0.134. The SMILES string of the molecule is O=S(=O)(Nc1cn[nH]n1)c1ccc(Cl)cc1. The molecule has 6 nitrogen and oxygen atoms in total. The molecule has 0 amide bonds. The van der Waals surface area contributed by atoms with Gasteiger partial charge in [-0.2, -0.15) is 10.3 Å². The van der Waals surface area contributed by atoms with E-state index in [9.17, 15) is 8.42 Å². The van der Waals surface area contributed by atoms with Crippen molar-refractivity contribution in [1.29, 1.82) is 0 Å². The van der Waals surface area contributed by atoms with Crippen LogP contribution in [0.1, 0.15) is 0 Å². The molecule has 0 aliphatic carbocycles. The lowest BCUT2D eigenvalue weighted by molar-refractivity contribution is 0.601. The van der Waals surface area contributed by atoms with Crippen molar-refractivity contribution >= 4 is 27.4 Å². The Bertz CT molecular complexity index is 565. The lowest BCUT2D eigenvalue weighted by atomic mass is 10.4. The minimum absolute atomic E-state index is 0.111. The largest absolute Gasteiger partial charge is 0.263 e. The van der Waals surface area contributed by atoms with Gasteiger partial charge in [-0.1, -0.05) is 11.6 Å². The van der Waals surface area contributed by atoms with Crippen LogP contribution < -0.4 is 4.72 Å². The van der Waals surface area contributed by atoms with E-state index in [4.69, 9.17) is 11.6 Å². The van der Waals surface area contributed by atoms with Gasteiger partial charge in [-0.15, -0.1) is 5.10 Å². The number of hydrogen-bond acceptors (Lipinski definition) is 4. The maximum absolute atomic E-state index is 11.8. The summed E-state index contributed by atoms with van der Waals surface area (Å²) in [4.78, 5) is 0.111. The van der Waals surface area contributed by atoms with Crippen molar-refractivity contribution in [2.75, 3.05) is 4.72 Å². The molecule has 0 saturated carbocycles.